The third-order valence-electron chi connectivity index (χ3n) is 2.62. The van der Waals surface area contributed by atoms with Crippen LogP contribution in [0.2, 0.25) is 0 Å². The van der Waals surface area contributed by atoms with Crippen LogP contribution in [0.25, 0.3) is 0 Å². The lowest BCUT2D eigenvalue weighted by Gasteiger charge is -2.09. The van der Waals surface area contributed by atoms with Gasteiger partial charge in [-0.1, -0.05) is 0 Å². The first-order valence-electron chi connectivity index (χ1n) is 5.72. The highest BCUT2D eigenvalue weighted by molar-refractivity contribution is 7.94. The van der Waals surface area contributed by atoms with E-state index in [-0.39, 0.29) is 20.5 Å². The molecule has 6 nitrogen and oxygen atoms in total. The number of aromatic hydroxyl groups is 1. The van der Waals surface area contributed by atoms with Gasteiger partial charge in [0.05, 0.1) is 10.6 Å². The SMILES string of the molecule is Cc1ccc(S(=O)(=O)Nc2cc(S(C)(=O)=O)ccc2O)s1. The molecular weight excluding hydrogens is 334 g/mol. The van der Waals surface area contributed by atoms with E-state index in [1.807, 2.05) is 0 Å². The highest BCUT2D eigenvalue weighted by atomic mass is 32.2. The molecule has 0 aliphatic carbocycles. The van der Waals surface area contributed by atoms with Gasteiger partial charge in [0.15, 0.2) is 9.84 Å². The number of benzene rings is 1. The summed E-state index contributed by atoms with van der Waals surface area (Å²) in [6, 6.07) is 6.53. The van der Waals surface area contributed by atoms with Crippen LogP contribution >= 0.6 is 11.3 Å². The Morgan fingerprint density at radius 2 is 1.76 bits per heavy atom. The van der Waals surface area contributed by atoms with Gasteiger partial charge in [-0.05, 0) is 37.3 Å². The second-order valence-electron chi connectivity index (χ2n) is 4.42. The van der Waals surface area contributed by atoms with Crippen LogP contribution in [0.4, 0.5) is 5.69 Å². The molecule has 1 aromatic heterocycles. The maximum atomic E-state index is 12.2. The number of anilines is 1. The number of hydrogen-bond acceptors (Lipinski definition) is 6. The average molecular weight is 347 g/mol. The molecule has 0 bridgehead atoms. The van der Waals surface area contributed by atoms with Crippen molar-refractivity contribution in [1.82, 2.24) is 0 Å². The Kier molecular flexibility index (Phi) is 4.00. The number of aryl methyl sites for hydroxylation is 1. The summed E-state index contributed by atoms with van der Waals surface area (Å²) in [6.45, 7) is 1.77. The number of phenols is 1. The van der Waals surface area contributed by atoms with Gasteiger partial charge in [0.2, 0.25) is 0 Å². The number of sulfone groups is 1. The first-order chi connectivity index (χ1) is 9.59. The largest absolute Gasteiger partial charge is 0.506 e. The molecule has 2 aromatic rings. The third-order valence-corrected chi connectivity index (χ3v) is 6.59. The van der Waals surface area contributed by atoms with Crippen LogP contribution < -0.4 is 4.72 Å². The lowest BCUT2D eigenvalue weighted by Crippen LogP contribution is -2.12. The van der Waals surface area contributed by atoms with Crippen molar-refractivity contribution in [2.24, 2.45) is 0 Å². The highest BCUT2D eigenvalue weighted by Gasteiger charge is 2.19. The minimum absolute atomic E-state index is 0.0830. The molecule has 0 saturated heterocycles. The van der Waals surface area contributed by atoms with Gasteiger partial charge in [0.25, 0.3) is 10.0 Å². The van der Waals surface area contributed by atoms with Gasteiger partial charge in [-0.15, -0.1) is 11.3 Å². The number of sulfonamides is 1. The fraction of sp³-hybridized carbons (Fsp3) is 0.167. The van der Waals surface area contributed by atoms with Crippen molar-refractivity contribution in [2.45, 2.75) is 16.0 Å². The highest BCUT2D eigenvalue weighted by Crippen LogP contribution is 2.30. The molecule has 0 unspecified atom stereocenters. The van der Waals surface area contributed by atoms with Crippen molar-refractivity contribution in [3.05, 3.63) is 35.2 Å². The predicted octanol–water partition coefficient (Wildman–Crippen LogP) is 1.97. The zero-order valence-electron chi connectivity index (χ0n) is 11.2. The van der Waals surface area contributed by atoms with E-state index >= 15 is 0 Å². The van der Waals surface area contributed by atoms with E-state index in [1.54, 1.807) is 13.0 Å². The van der Waals surface area contributed by atoms with Gasteiger partial charge in [0.1, 0.15) is 9.96 Å². The van der Waals surface area contributed by atoms with Crippen molar-refractivity contribution in [3.8, 4) is 5.75 Å². The maximum Gasteiger partial charge on any atom is 0.271 e. The van der Waals surface area contributed by atoms with Gasteiger partial charge < -0.3 is 5.11 Å². The molecule has 21 heavy (non-hydrogen) atoms. The quantitative estimate of drug-likeness (QED) is 0.824. The van der Waals surface area contributed by atoms with Crippen LogP contribution in [0, 0.1) is 6.92 Å². The van der Waals surface area contributed by atoms with Crippen LogP contribution in [-0.4, -0.2) is 28.2 Å². The van der Waals surface area contributed by atoms with Crippen molar-refractivity contribution in [3.63, 3.8) is 0 Å². The molecule has 1 aromatic carbocycles. The fourth-order valence-electron chi connectivity index (χ4n) is 1.58. The molecule has 0 amide bonds. The van der Waals surface area contributed by atoms with Crippen molar-refractivity contribution >= 4 is 36.9 Å². The maximum absolute atomic E-state index is 12.2. The van der Waals surface area contributed by atoms with Crippen LogP contribution in [0.15, 0.2) is 39.4 Å². The van der Waals surface area contributed by atoms with E-state index in [4.69, 9.17) is 0 Å². The Morgan fingerprint density at radius 1 is 1.10 bits per heavy atom. The molecule has 1 heterocycles. The van der Waals surface area contributed by atoms with Gasteiger partial charge >= 0.3 is 0 Å². The van der Waals surface area contributed by atoms with E-state index in [2.05, 4.69) is 4.72 Å². The van der Waals surface area contributed by atoms with Gasteiger partial charge in [0, 0.05) is 11.1 Å². The molecule has 0 aliphatic rings. The Bertz CT molecular complexity index is 881. The monoisotopic (exact) mass is 347 g/mol. The molecule has 0 spiro atoms. The third kappa shape index (κ3) is 3.55. The van der Waals surface area contributed by atoms with E-state index in [1.165, 1.54) is 12.1 Å². The fourth-order valence-corrected chi connectivity index (χ4v) is 4.57. The summed E-state index contributed by atoms with van der Waals surface area (Å²) < 4.78 is 49.6. The number of thiophene rings is 1. The lowest BCUT2D eigenvalue weighted by atomic mass is 10.3. The molecule has 9 heteroatoms. The lowest BCUT2D eigenvalue weighted by molar-refractivity contribution is 0.477. The van der Waals surface area contributed by atoms with Gasteiger partial charge in [-0.25, -0.2) is 16.8 Å². The first kappa shape index (κ1) is 15.8. The van der Waals surface area contributed by atoms with E-state index < -0.39 is 19.9 Å². The topological polar surface area (TPSA) is 101 Å². The number of rotatable bonds is 4. The summed E-state index contributed by atoms with van der Waals surface area (Å²) in [5, 5.41) is 9.70. The number of hydrogen-bond donors (Lipinski definition) is 2. The summed E-state index contributed by atoms with van der Waals surface area (Å²) in [7, 11) is -7.37. The summed E-state index contributed by atoms with van der Waals surface area (Å²) in [5.41, 5.74) is -0.177. The summed E-state index contributed by atoms with van der Waals surface area (Å²) in [4.78, 5) is 0.741. The standard InChI is InChI=1S/C12H13NO5S3/c1-8-3-6-12(19-8)21(17,18)13-10-7-9(20(2,15)16)4-5-11(10)14/h3-7,13-14H,1-2H3. The molecule has 0 radical (unpaired) electrons. The zero-order valence-corrected chi connectivity index (χ0v) is 13.6. The molecule has 2 N–H and O–H groups in total. The van der Waals surface area contributed by atoms with Crippen LogP contribution in [-0.2, 0) is 19.9 Å². The second-order valence-corrected chi connectivity index (χ2v) is 9.63. The molecule has 0 atom stereocenters. The van der Waals surface area contributed by atoms with Crippen LogP contribution in [0.5, 0.6) is 5.75 Å². The first-order valence-corrected chi connectivity index (χ1v) is 9.91. The summed E-state index contributed by atoms with van der Waals surface area (Å²) in [5.74, 6) is -0.348. The van der Waals surface area contributed by atoms with Crippen molar-refractivity contribution < 1.29 is 21.9 Å². The molecular formula is C12H13NO5S3. The Balaban J connectivity index is 2.44. The van der Waals surface area contributed by atoms with Crippen LogP contribution in [0.1, 0.15) is 4.88 Å². The molecule has 2 rings (SSSR count). The Labute approximate surface area is 127 Å². The Morgan fingerprint density at radius 3 is 2.29 bits per heavy atom. The van der Waals surface area contributed by atoms with Crippen LogP contribution in [0.3, 0.4) is 0 Å². The number of phenolic OH excluding ortho intramolecular Hbond substituents is 1. The molecule has 114 valence electrons. The van der Waals surface area contributed by atoms with Gasteiger partial charge in [-0.3, -0.25) is 4.72 Å². The van der Waals surface area contributed by atoms with Crippen molar-refractivity contribution in [2.75, 3.05) is 11.0 Å². The van der Waals surface area contributed by atoms with E-state index in [0.29, 0.717) is 0 Å². The molecule has 0 aliphatic heterocycles. The summed E-state index contributed by atoms with van der Waals surface area (Å²) in [6.07, 6.45) is 1.00. The molecule has 0 saturated carbocycles. The van der Waals surface area contributed by atoms with E-state index in [0.717, 1.165) is 34.6 Å². The average Bonchev–Trinajstić information content (AvgIpc) is 2.78. The summed E-state index contributed by atoms with van der Waals surface area (Å²) >= 11 is 1.08. The normalized spacial score (nSPS) is 12.3. The minimum atomic E-state index is -3.86. The van der Waals surface area contributed by atoms with Gasteiger partial charge in [-0.2, -0.15) is 0 Å². The molecule has 0 fully saturated rings. The smallest absolute Gasteiger partial charge is 0.271 e. The minimum Gasteiger partial charge on any atom is -0.506 e. The Hall–Kier alpha value is -1.58. The van der Waals surface area contributed by atoms with Crippen molar-refractivity contribution in [1.29, 1.82) is 0 Å². The predicted molar refractivity (Wildman–Crippen MR) is 81.1 cm³/mol. The second kappa shape index (κ2) is 5.32. The zero-order chi connectivity index (χ0) is 15.8. The number of nitrogens with one attached hydrogen (secondary N) is 1. The van der Waals surface area contributed by atoms with E-state index in [9.17, 15) is 21.9 Å².